The van der Waals surface area contributed by atoms with Crippen LogP contribution in [0.4, 0.5) is 0 Å². The van der Waals surface area contributed by atoms with Crippen molar-refractivity contribution in [1.29, 1.82) is 0 Å². The van der Waals surface area contributed by atoms with Crippen LogP contribution in [0.5, 0.6) is 0 Å². The van der Waals surface area contributed by atoms with E-state index in [1.54, 1.807) is 17.4 Å². The number of hydrogen-bond donors (Lipinski definition) is 0. The largest absolute Gasteiger partial charge is 0.469 e. The van der Waals surface area contributed by atoms with Crippen LogP contribution in [-0.2, 0) is 23.1 Å². The lowest BCUT2D eigenvalue weighted by Crippen LogP contribution is -2.34. The highest BCUT2D eigenvalue weighted by molar-refractivity contribution is 5.79. The van der Waals surface area contributed by atoms with Crippen LogP contribution >= 0.6 is 0 Å². The van der Waals surface area contributed by atoms with E-state index < -0.39 is 0 Å². The van der Waals surface area contributed by atoms with Crippen LogP contribution in [0.1, 0.15) is 29.7 Å². The molecule has 2 atom stereocenters. The predicted molar refractivity (Wildman–Crippen MR) is 79.9 cm³/mol. The number of ether oxygens (including phenoxy) is 1. The molecule has 6 heteroatoms. The molecule has 6 nitrogen and oxygen atoms in total. The van der Waals surface area contributed by atoms with Gasteiger partial charge in [-0.1, -0.05) is 0 Å². The van der Waals surface area contributed by atoms with Crippen LogP contribution in [-0.4, -0.2) is 34.0 Å². The summed E-state index contributed by atoms with van der Waals surface area (Å²) in [6, 6.07) is 1.90. The second-order valence-corrected chi connectivity index (χ2v) is 5.78. The van der Waals surface area contributed by atoms with Gasteiger partial charge >= 0.3 is 0 Å². The van der Waals surface area contributed by atoms with Crippen LogP contribution in [0.2, 0.25) is 0 Å². The number of nitrogens with zero attached hydrogens (tertiary/aromatic N) is 3. The third-order valence-electron chi connectivity index (χ3n) is 4.27. The monoisotopic (exact) mass is 303 g/mol. The van der Waals surface area contributed by atoms with Gasteiger partial charge in [0.25, 0.3) is 0 Å². The van der Waals surface area contributed by atoms with Gasteiger partial charge in [-0.25, -0.2) is 4.98 Å². The Hall–Kier alpha value is -2.08. The number of carbonyl (C=O) groups excluding carboxylic acids is 1. The summed E-state index contributed by atoms with van der Waals surface area (Å²) < 4.78 is 13.0. The Morgan fingerprint density at radius 1 is 1.55 bits per heavy atom. The molecule has 1 aliphatic heterocycles. The molecule has 1 amide bonds. The first kappa shape index (κ1) is 14.8. The Morgan fingerprint density at radius 3 is 3.00 bits per heavy atom. The second kappa shape index (κ2) is 5.96. The van der Waals surface area contributed by atoms with Gasteiger partial charge in [0.05, 0.1) is 12.2 Å². The average Bonchev–Trinajstić information content (AvgIpc) is 3.20. The average molecular weight is 303 g/mol. The van der Waals surface area contributed by atoms with Crippen molar-refractivity contribution < 1.29 is 13.9 Å². The molecule has 0 aromatic carbocycles. The minimum atomic E-state index is -0.264. The molecule has 0 spiro atoms. The molecule has 0 bridgehead atoms. The van der Waals surface area contributed by atoms with E-state index in [1.165, 1.54) is 0 Å². The molecule has 1 fully saturated rings. The molecule has 2 aromatic rings. The number of aryl methyl sites for hydroxylation is 2. The minimum Gasteiger partial charge on any atom is -0.469 e. The van der Waals surface area contributed by atoms with Gasteiger partial charge in [0, 0.05) is 45.2 Å². The number of hydrogen-bond acceptors (Lipinski definition) is 4. The summed E-state index contributed by atoms with van der Waals surface area (Å²) in [6.45, 7) is 3.04. The molecule has 0 radical (unpaired) electrons. The fourth-order valence-corrected chi connectivity index (χ4v) is 2.94. The van der Waals surface area contributed by atoms with Crippen LogP contribution in [0.25, 0.3) is 0 Å². The number of aromatic nitrogens is 2. The van der Waals surface area contributed by atoms with Gasteiger partial charge in [-0.05, 0) is 19.4 Å². The van der Waals surface area contributed by atoms with E-state index in [1.807, 2.05) is 37.8 Å². The van der Waals surface area contributed by atoms with Crippen molar-refractivity contribution in [2.45, 2.75) is 26.0 Å². The fraction of sp³-hybridized carbons (Fsp3) is 0.500. The van der Waals surface area contributed by atoms with E-state index in [0.717, 1.165) is 23.6 Å². The summed E-state index contributed by atoms with van der Waals surface area (Å²) in [5.41, 5.74) is 1.03. The standard InChI is InChI=1S/C16H21N3O3/c1-11-12(4-8-21-11)10-19(3)16(20)13-5-9-22-14(13)15-17-6-7-18(15)2/h4,6-8,13-14H,5,9-10H2,1-3H3/t13-,14-/m1/s1. The van der Waals surface area contributed by atoms with Gasteiger partial charge in [-0.2, -0.15) is 0 Å². The maximum absolute atomic E-state index is 12.8. The molecular weight excluding hydrogens is 282 g/mol. The van der Waals surface area contributed by atoms with Gasteiger partial charge in [-0.15, -0.1) is 0 Å². The summed E-state index contributed by atoms with van der Waals surface area (Å²) in [5.74, 6) is 1.57. The van der Waals surface area contributed by atoms with E-state index >= 15 is 0 Å². The van der Waals surface area contributed by atoms with Gasteiger partial charge in [0.15, 0.2) is 0 Å². The Labute approximate surface area is 129 Å². The number of amides is 1. The van der Waals surface area contributed by atoms with Gasteiger partial charge < -0.3 is 18.6 Å². The van der Waals surface area contributed by atoms with Crippen molar-refractivity contribution in [3.8, 4) is 0 Å². The summed E-state index contributed by atoms with van der Waals surface area (Å²) >= 11 is 0. The van der Waals surface area contributed by atoms with Crippen molar-refractivity contribution in [1.82, 2.24) is 14.5 Å². The van der Waals surface area contributed by atoms with Crippen LogP contribution in [0.3, 0.4) is 0 Å². The van der Waals surface area contributed by atoms with Gasteiger partial charge in [0.1, 0.15) is 17.7 Å². The minimum absolute atomic E-state index is 0.0890. The Bertz CT molecular complexity index is 661. The highest BCUT2D eigenvalue weighted by Gasteiger charge is 2.38. The lowest BCUT2D eigenvalue weighted by Gasteiger charge is -2.24. The van der Waals surface area contributed by atoms with Crippen LogP contribution in [0.15, 0.2) is 29.1 Å². The molecule has 0 N–H and O–H groups in total. The topological polar surface area (TPSA) is 60.5 Å². The summed E-state index contributed by atoms with van der Waals surface area (Å²) in [5, 5.41) is 0. The summed E-state index contributed by atoms with van der Waals surface area (Å²) in [4.78, 5) is 18.9. The molecule has 0 unspecified atom stereocenters. The molecule has 3 rings (SSSR count). The van der Waals surface area contributed by atoms with Crippen molar-refractivity contribution in [2.75, 3.05) is 13.7 Å². The highest BCUT2D eigenvalue weighted by Crippen LogP contribution is 2.34. The van der Waals surface area contributed by atoms with E-state index in [4.69, 9.17) is 9.15 Å². The summed E-state index contributed by atoms with van der Waals surface area (Å²) in [6.07, 6.45) is 5.72. The highest BCUT2D eigenvalue weighted by atomic mass is 16.5. The zero-order chi connectivity index (χ0) is 15.7. The third-order valence-corrected chi connectivity index (χ3v) is 4.27. The third kappa shape index (κ3) is 2.66. The number of carbonyl (C=O) groups is 1. The molecule has 1 aliphatic rings. The summed E-state index contributed by atoms with van der Waals surface area (Å²) in [7, 11) is 3.74. The Kier molecular flexibility index (Phi) is 4.02. The maximum Gasteiger partial charge on any atom is 0.228 e. The number of furan rings is 1. The lowest BCUT2D eigenvalue weighted by atomic mass is 9.99. The quantitative estimate of drug-likeness (QED) is 0.867. The first-order chi connectivity index (χ1) is 10.6. The molecule has 22 heavy (non-hydrogen) atoms. The second-order valence-electron chi connectivity index (χ2n) is 5.78. The first-order valence-corrected chi connectivity index (χ1v) is 7.44. The Morgan fingerprint density at radius 2 is 2.36 bits per heavy atom. The molecule has 0 aliphatic carbocycles. The number of imidazole rings is 1. The normalized spacial score (nSPS) is 21.2. The van der Waals surface area contributed by atoms with E-state index in [2.05, 4.69) is 4.98 Å². The zero-order valence-electron chi connectivity index (χ0n) is 13.2. The Balaban J connectivity index is 1.73. The molecule has 118 valence electrons. The van der Waals surface area contributed by atoms with Crippen molar-refractivity contribution in [2.24, 2.45) is 13.0 Å². The van der Waals surface area contributed by atoms with Gasteiger partial charge in [0.2, 0.25) is 5.91 Å². The molecular formula is C16H21N3O3. The van der Waals surface area contributed by atoms with Crippen molar-refractivity contribution in [3.63, 3.8) is 0 Å². The SMILES string of the molecule is Cc1occc1CN(C)C(=O)[C@@H]1CCO[C@H]1c1nccn1C. The predicted octanol–water partition coefficient (Wildman–Crippen LogP) is 2.06. The van der Waals surface area contributed by atoms with Crippen molar-refractivity contribution >= 4 is 5.91 Å². The van der Waals surface area contributed by atoms with Crippen molar-refractivity contribution in [3.05, 3.63) is 41.9 Å². The van der Waals surface area contributed by atoms with E-state index in [-0.39, 0.29) is 17.9 Å². The molecule has 1 saturated heterocycles. The lowest BCUT2D eigenvalue weighted by molar-refractivity contribution is -0.136. The fourth-order valence-electron chi connectivity index (χ4n) is 2.94. The van der Waals surface area contributed by atoms with Gasteiger partial charge in [-0.3, -0.25) is 4.79 Å². The zero-order valence-corrected chi connectivity index (χ0v) is 13.2. The van der Waals surface area contributed by atoms with E-state index in [0.29, 0.717) is 13.2 Å². The van der Waals surface area contributed by atoms with Crippen LogP contribution < -0.4 is 0 Å². The molecule has 3 heterocycles. The smallest absolute Gasteiger partial charge is 0.228 e. The number of rotatable bonds is 4. The van der Waals surface area contributed by atoms with E-state index in [9.17, 15) is 4.79 Å². The first-order valence-electron chi connectivity index (χ1n) is 7.44. The van der Waals surface area contributed by atoms with Crippen LogP contribution in [0, 0.1) is 12.8 Å². The maximum atomic E-state index is 12.8. The molecule has 2 aromatic heterocycles. The molecule has 0 saturated carbocycles.